The van der Waals surface area contributed by atoms with E-state index in [1.807, 2.05) is 6.92 Å². The van der Waals surface area contributed by atoms with E-state index in [0.29, 0.717) is 5.92 Å². The number of aryl methyl sites for hydroxylation is 1. The van der Waals surface area contributed by atoms with E-state index in [1.54, 1.807) is 0 Å². The summed E-state index contributed by atoms with van der Waals surface area (Å²) in [5, 5.41) is 0. The van der Waals surface area contributed by atoms with Gasteiger partial charge in [0.2, 0.25) is 0 Å². The second kappa shape index (κ2) is 7.37. The molecule has 0 spiro atoms. The quantitative estimate of drug-likeness (QED) is 0.616. The highest BCUT2D eigenvalue weighted by Gasteiger charge is 2.15. The van der Waals surface area contributed by atoms with Gasteiger partial charge in [-0.1, -0.05) is 26.0 Å². The van der Waals surface area contributed by atoms with Crippen molar-refractivity contribution < 1.29 is 4.74 Å². The summed E-state index contributed by atoms with van der Waals surface area (Å²) < 4.78 is 5.72. The van der Waals surface area contributed by atoms with Crippen LogP contribution in [0.2, 0.25) is 0 Å². The van der Waals surface area contributed by atoms with Crippen LogP contribution in [0.1, 0.15) is 61.8 Å². The summed E-state index contributed by atoms with van der Waals surface area (Å²) in [7, 11) is 0. The molecule has 1 atom stereocenters. The van der Waals surface area contributed by atoms with Crippen LogP contribution in [0.4, 0.5) is 0 Å². The van der Waals surface area contributed by atoms with E-state index in [9.17, 15) is 0 Å². The third-order valence-corrected chi connectivity index (χ3v) is 3.79. The second-order valence-corrected chi connectivity index (χ2v) is 5.30. The topological polar surface area (TPSA) is 9.23 Å². The smallest absolute Gasteiger partial charge is 0.122 e. The van der Waals surface area contributed by atoms with Crippen molar-refractivity contribution in [3.05, 3.63) is 40.5 Å². The van der Waals surface area contributed by atoms with Crippen LogP contribution in [0.3, 0.4) is 0 Å². The maximum atomic E-state index is 5.72. The van der Waals surface area contributed by atoms with E-state index in [1.165, 1.54) is 22.3 Å². The largest absolute Gasteiger partial charge is 0.494 e. The first kappa shape index (κ1) is 15.8. The molecular formula is C18H28O. The Labute approximate surface area is 118 Å². The fraction of sp³-hybridized carbons (Fsp3) is 0.556. The van der Waals surface area contributed by atoms with Crippen LogP contribution in [0.5, 0.6) is 5.75 Å². The van der Waals surface area contributed by atoms with Gasteiger partial charge in [0.25, 0.3) is 0 Å². The molecule has 0 aromatic heterocycles. The standard InChI is InChI=1S/C18H28O/c1-7-9-10-11-13(3)18-14(4)12-17(19-8-2)15(5)16(18)6/h9-10,12-13H,7-8,11H2,1-6H3/b10-9-. The lowest BCUT2D eigenvalue weighted by atomic mass is 9.87. The summed E-state index contributed by atoms with van der Waals surface area (Å²) in [4.78, 5) is 0. The first-order valence-corrected chi connectivity index (χ1v) is 7.41. The summed E-state index contributed by atoms with van der Waals surface area (Å²) in [6.07, 6.45) is 6.79. The number of ether oxygens (including phenoxy) is 1. The summed E-state index contributed by atoms with van der Waals surface area (Å²) in [6.45, 7) is 13.8. The molecule has 19 heavy (non-hydrogen) atoms. The molecule has 0 amide bonds. The van der Waals surface area contributed by atoms with E-state index < -0.39 is 0 Å². The molecule has 1 heteroatoms. The molecule has 0 heterocycles. The van der Waals surface area contributed by atoms with Gasteiger partial charge < -0.3 is 4.74 Å². The minimum atomic E-state index is 0.567. The van der Waals surface area contributed by atoms with Crippen LogP contribution in [-0.4, -0.2) is 6.61 Å². The third kappa shape index (κ3) is 3.86. The van der Waals surface area contributed by atoms with Crippen molar-refractivity contribution >= 4 is 0 Å². The van der Waals surface area contributed by atoms with Gasteiger partial charge in [0.15, 0.2) is 0 Å². The molecular weight excluding hydrogens is 232 g/mol. The van der Waals surface area contributed by atoms with Crippen molar-refractivity contribution in [1.29, 1.82) is 0 Å². The molecule has 0 aliphatic rings. The van der Waals surface area contributed by atoms with Gasteiger partial charge in [0.05, 0.1) is 6.61 Å². The molecule has 0 aliphatic heterocycles. The van der Waals surface area contributed by atoms with Gasteiger partial charge in [-0.2, -0.15) is 0 Å². The van der Waals surface area contributed by atoms with Crippen molar-refractivity contribution in [2.45, 2.75) is 60.3 Å². The van der Waals surface area contributed by atoms with E-state index in [2.05, 4.69) is 52.8 Å². The molecule has 0 bridgehead atoms. The van der Waals surface area contributed by atoms with Crippen molar-refractivity contribution in [1.82, 2.24) is 0 Å². The van der Waals surface area contributed by atoms with E-state index in [-0.39, 0.29) is 0 Å². The van der Waals surface area contributed by atoms with Crippen LogP contribution in [0, 0.1) is 20.8 Å². The highest BCUT2D eigenvalue weighted by molar-refractivity contribution is 5.49. The fourth-order valence-electron chi connectivity index (χ4n) is 2.71. The second-order valence-electron chi connectivity index (χ2n) is 5.30. The highest BCUT2D eigenvalue weighted by Crippen LogP contribution is 2.33. The molecule has 0 aliphatic carbocycles. The molecule has 1 nitrogen and oxygen atoms in total. The maximum Gasteiger partial charge on any atom is 0.122 e. The fourth-order valence-corrected chi connectivity index (χ4v) is 2.71. The Kier molecular flexibility index (Phi) is 6.14. The Bertz CT molecular complexity index is 443. The van der Waals surface area contributed by atoms with Gasteiger partial charge in [-0.05, 0) is 74.8 Å². The first-order valence-electron chi connectivity index (χ1n) is 7.41. The lowest BCUT2D eigenvalue weighted by Crippen LogP contribution is -2.04. The number of rotatable bonds is 6. The maximum absolute atomic E-state index is 5.72. The van der Waals surface area contributed by atoms with Crippen LogP contribution in [0.25, 0.3) is 0 Å². The molecule has 0 fully saturated rings. The minimum absolute atomic E-state index is 0.567. The zero-order chi connectivity index (χ0) is 14.4. The summed E-state index contributed by atoms with van der Waals surface area (Å²) in [5.41, 5.74) is 5.51. The summed E-state index contributed by atoms with van der Waals surface area (Å²) >= 11 is 0. The first-order chi connectivity index (χ1) is 9.02. The van der Waals surface area contributed by atoms with Crippen molar-refractivity contribution in [2.24, 2.45) is 0 Å². The molecule has 106 valence electrons. The Morgan fingerprint density at radius 2 is 1.79 bits per heavy atom. The lowest BCUT2D eigenvalue weighted by Gasteiger charge is -2.20. The average molecular weight is 260 g/mol. The summed E-state index contributed by atoms with van der Waals surface area (Å²) in [6, 6.07) is 2.20. The zero-order valence-electron chi connectivity index (χ0n) is 13.3. The molecule has 1 rings (SSSR count). The predicted octanol–water partition coefficient (Wildman–Crippen LogP) is 5.47. The van der Waals surface area contributed by atoms with Gasteiger partial charge in [-0.3, -0.25) is 0 Å². The van der Waals surface area contributed by atoms with E-state index in [0.717, 1.165) is 25.2 Å². The summed E-state index contributed by atoms with van der Waals surface area (Å²) in [5.74, 6) is 1.61. The highest BCUT2D eigenvalue weighted by atomic mass is 16.5. The molecule has 1 aromatic carbocycles. The Balaban J connectivity index is 3.07. The molecule has 0 radical (unpaired) electrons. The predicted molar refractivity (Wildman–Crippen MR) is 84.3 cm³/mol. The van der Waals surface area contributed by atoms with Crippen molar-refractivity contribution in [2.75, 3.05) is 6.61 Å². The van der Waals surface area contributed by atoms with Gasteiger partial charge in [-0.15, -0.1) is 0 Å². The molecule has 1 unspecified atom stereocenters. The Morgan fingerprint density at radius 1 is 1.11 bits per heavy atom. The van der Waals surface area contributed by atoms with Crippen LogP contribution < -0.4 is 4.74 Å². The molecule has 0 saturated carbocycles. The third-order valence-electron chi connectivity index (χ3n) is 3.79. The SMILES string of the molecule is CC/C=C\CC(C)c1c(C)cc(OCC)c(C)c1C. The van der Waals surface area contributed by atoms with Crippen molar-refractivity contribution in [3.8, 4) is 5.75 Å². The van der Waals surface area contributed by atoms with Crippen LogP contribution in [-0.2, 0) is 0 Å². The number of allylic oxidation sites excluding steroid dienone is 2. The molecule has 0 N–H and O–H groups in total. The van der Waals surface area contributed by atoms with Gasteiger partial charge in [0, 0.05) is 0 Å². The molecule has 0 saturated heterocycles. The number of hydrogen-bond donors (Lipinski definition) is 0. The van der Waals surface area contributed by atoms with E-state index in [4.69, 9.17) is 4.74 Å². The lowest BCUT2D eigenvalue weighted by molar-refractivity contribution is 0.337. The van der Waals surface area contributed by atoms with Gasteiger partial charge in [-0.25, -0.2) is 0 Å². The van der Waals surface area contributed by atoms with E-state index >= 15 is 0 Å². The number of benzene rings is 1. The zero-order valence-corrected chi connectivity index (χ0v) is 13.3. The molecule has 1 aromatic rings. The Morgan fingerprint density at radius 3 is 2.37 bits per heavy atom. The monoisotopic (exact) mass is 260 g/mol. The average Bonchev–Trinajstić information content (AvgIpc) is 2.36. The number of hydrogen-bond acceptors (Lipinski definition) is 1. The minimum Gasteiger partial charge on any atom is -0.494 e. The Hall–Kier alpha value is -1.24. The van der Waals surface area contributed by atoms with Crippen LogP contribution >= 0.6 is 0 Å². The van der Waals surface area contributed by atoms with Crippen molar-refractivity contribution in [3.63, 3.8) is 0 Å². The van der Waals surface area contributed by atoms with Gasteiger partial charge in [0.1, 0.15) is 5.75 Å². The van der Waals surface area contributed by atoms with Crippen LogP contribution in [0.15, 0.2) is 18.2 Å². The van der Waals surface area contributed by atoms with Gasteiger partial charge >= 0.3 is 0 Å². The normalized spacial score (nSPS) is 12.9.